The number of hydrogen-bond donors (Lipinski definition) is 2. The predicted octanol–water partition coefficient (Wildman–Crippen LogP) is -0.751. The van der Waals surface area contributed by atoms with Gasteiger partial charge in [-0.05, 0) is 25.7 Å². The van der Waals surface area contributed by atoms with Crippen molar-refractivity contribution in [2.75, 3.05) is 13.1 Å². The number of nitrogens with two attached hydrogens (primary N) is 2. The molecular formula is C7H17N3O2S. The standard InChI is InChI=1S/C7H17N3O2S/c1-6(8)7-3-2-4-10(5-7)13(9,11)12/h6-7H,2-5,8H2,1H3,(H2,9,11,12). The Morgan fingerprint density at radius 2 is 2.15 bits per heavy atom. The number of piperidine rings is 1. The summed E-state index contributed by atoms with van der Waals surface area (Å²) in [6, 6.07) is 0.0320. The molecule has 5 nitrogen and oxygen atoms in total. The van der Waals surface area contributed by atoms with Gasteiger partial charge in [0.1, 0.15) is 0 Å². The first-order valence-corrected chi connectivity index (χ1v) is 5.95. The highest BCUT2D eigenvalue weighted by Crippen LogP contribution is 2.19. The van der Waals surface area contributed by atoms with Crippen molar-refractivity contribution < 1.29 is 8.42 Å². The van der Waals surface area contributed by atoms with E-state index in [-0.39, 0.29) is 12.0 Å². The Hall–Kier alpha value is -0.170. The first kappa shape index (κ1) is 10.9. The molecule has 1 rings (SSSR count). The maximum atomic E-state index is 11.0. The van der Waals surface area contributed by atoms with Gasteiger partial charge in [-0.1, -0.05) is 0 Å². The molecule has 0 aliphatic carbocycles. The number of rotatable bonds is 2. The molecule has 13 heavy (non-hydrogen) atoms. The zero-order valence-corrected chi connectivity index (χ0v) is 8.63. The quantitative estimate of drug-likeness (QED) is 0.624. The van der Waals surface area contributed by atoms with Crippen LogP contribution < -0.4 is 10.9 Å². The Kier molecular flexibility index (Phi) is 3.28. The average Bonchev–Trinajstić information content (AvgIpc) is 2.03. The Morgan fingerprint density at radius 1 is 1.54 bits per heavy atom. The first-order valence-electron chi connectivity index (χ1n) is 4.44. The molecule has 1 aliphatic rings. The van der Waals surface area contributed by atoms with Crippen LogP contribution in [0.4, 0.5) is 0 Å². The Labute approximate surface area is 79.3 Å². The van der Waals surface area contributed by atoms with Crippen LogP contribution in [-0.2, 0) is 10.2 Å². The van der Waals surface area contributed by atoms with Crippen molar-refractivity contribution in [2.24, 2.45) is 16.8 Å². The molecule has 0 radical (unpaired) electrons. The van der Waals surface area contributed by atoms with E-state index >= 15 is 0 Å². The van der Waals surface area contributed by atoms with Crippen LogP contribution in [0.5, 0.6) is 0 Å². The predicted molar refractivity (Wildman–Crippen MR) is 51.1 cm³/mol. The summed E-state index contributed by atoms with van der Waals surface area (Å²) in [5.74, 6) is 0.243. The van der Waals surface area contributed by atoms with E-state index in [0.717, 1.165) is 12.8 Å². The zero-order chi connectivity index (χ0) is 10.1. The van der Waals surface area contributed by atoms with Crippen molar-refractivity contribution in [3.63, 3.8) is 0 Å². The largest absolute Gasteiger partial charge is 0.328 e. The second-order valence-electron chi connectivity index (χ2n) is 3.66. The van der Waals surface area contributed by atoms with Gasteiger partial charge in [0.25, 0.3) is 10.2 Å². The minimum atomic E-state index is -3.51. The maximum absolute atomic E-state index is 11.0. The van der Waals surface area contributed by atoms with Crippen LogP contribution in [0.3, 0.4) is 0 Å². The second kappa shape index (κ2) is 3.91. The molecule has 0 spiro atoms. The van der Waals surface area contributed by atoms with E-state index in [2.05, 4.69) is 0 Å². The lowest BCUT2D eigenvalue weighted by Crippen LogP contribution is -2.47. The van der Waals surface area contributed by atoms with Crippen LogP contribution in [0.25, 0.3) is 0 Å². The van der Waals surface area contributed by atoms with Crippen molar-refractivity contribution in [2.45, 2.75) is 25.8 Å². The molecule has 2 unspecified atom stereocenters. The van der Waals surface area contributed by atoms with Crippen LogP contribution in [0, 0.1) is 5.92 Å². The fourth-order valence-electron chi connectivity index (χ4n) is 1.63. The number of hydrogen-bond acceptors (Lipinski definition) is 3. The van der Waals surface area contributed by atoms with Gasteiger partial charge in [0.05, 0.1) is 0 Å². The summed E-state index contributed by atoms with van der Waals surface area (Å²) in [5.41, 5.74) is 5.71. The van der Waals surface area contributed by atoms with Gasteiger partial charge >= 0.3 is 0 Å². The van der Waals surface area contributed by atoms with Gasteiger partial charge in [-0.3, -0.25) is 0 Å². The lowest BCUT2D eigenvalue weighted by molar-refractivity contribution is 0.243. The van der Waals surface area contributed by atoms with E-state index in [4.69, 9.17) is 10.9 Å². The molecule has 4 N–H and O–H groups in total. The Balaban J connectivity index is 2.62. The molecule has 78 valence electrons. The van der Waals surface area contributed by atoms with E-state index in [1.807, 2.05) is 6.92 Å². The highest BCUT2D eigenvalue weighted by molar-refractivity contribution is 7.86. The molecule has 6 heteroatoms. The van der Waals surface area contributed by atoms with E-state index in [1.165, 1.54) is 4.31 Å². The van der Waals surface area contributed by atoms with Crippen LogP contribution in [0.15, 0.2) is 0 Å². The minimum Gasteiger partial charge on any atom is -0.328 e. The summed E-state index contributed by atoms with van der Waals surface area (Å²) < 4.78 is 23.3. The summed E-state index contributed by atoms with van der Waals surface area (Å²) in [4.78, 5) is 0. The fraction of sp³-hybridized carbons (Fsp3) is 1.00. The molecule has 0 bridgehead atoms. The molecule has 0 amide bonds. The second-order valence-corrected chi connectivity index (χ2v) is 5.21. The Bertz CT molecular complexity index is 263. The smallest absolute Gasteiger partial charge is 0.276 e. The average molecular weight is 207 g/mol. The van der Waals surface area contributed by atoms with Gasteiger partial charge in [0.2, 0.25) is 0 Å². The van der Waals surface area contributed by atoms with Crippen LogP contribution in [0.1, 0.15) is 19.8 Å². The van der Waals surface area contributed by atoms with Crippen molar-refractivity contribution >= 4 is 10.2 Å². The zero-order valence-electron chi connectivity index (χ0n) is 7.81. The number of nitrogens with zero attached hydrogens (tertiary/aromatic N) is 1. The lowest BCUT2D eigenvalue weighted by atomic mass is 9.93. The normalized spacial score (nSPS) is 28.7. The third-order valence-corrected chi connectivity index (χ3v) is 3.58. The highest BCUT2D eigenvalue weighted by atomic mass is 32.2. The molecule has 1 saturated heterocycles. The van der Waals surface area contributed by atoms with Crippen LogP contribution in [-0.4, -0.2) is 31.9 Å². The van der Waals surface area contributed by atoms with Gasteiger partial charge in [-0.25, -0.2) is 5.14 Å². The van der Waals surface area contributed by atoms with Gasteiger partial charge in [0, 0.05) is 19.1 Å². The molecule has 0 aromatic rings. The maximum Gasteiger partial charge on any atom is 0.276 e. The van der Waals surface area contributed by atoms with Crippen LogP contribution >= 0.6 is 0 Å². The Morgan fingerprint density at radius 3 is 2.62 bits per heavy atom. The molecule has 0 aromatic heterocycles. The third kappa shape index (κ3) is 2.91. The van der Waals surface area contributed by atoms with E-state index in [0.29, 0.717) is 13.1 Å². The molecular weight excluding hydrogens is 190 g/mol. The SMILES string of the molecule is CC(N)C1CCCN(S(N)(=O)=O)C1. The molecule has 2 atom stereocenters. The van der Waals surface area contributed by atoms with E-state index < -0.39 is 10.2 Å². The van der Waals surface area contributed by atoms with Crippen molar-refractivity contribution in [1.29, 1.82) is 0 Å². The fourth-order valence-corrected chi connectivity index (χ4v) is 2.42. The first-order chi connectivity index (χ1) is 5.91. The third-order valence-electron chi connectivity index (χ3n) is 2.52. The van der Waals surface area contributed by atoms with Crippen LogP contribution in [0.2, 0.25) is 0 Å². The highest BCUT2D eigenvalue weighted by Gasteiger charge is 2.27. The van der Waals surface area contributed by atoms with E-state index in [1.54, 1.807) is 0 Å². The van der Waals surface area contributed by atoms with Gasteiger partial charge in [-0.15, -0.1) is 0 Å². The summed E-state index contributed by atoms with van der Waals surface area (Å²) in [6.45, 7) is 2.90. The van der Waals surface area contributed by atoms with Crippen molar-refractivity contribution in [1.82, 2.24) is 4.31 Å². The van der Waals surface area contributed by atoms with Gasteiger partial charge < -0.3 is 5.73 Å². The molecule has 0 aromatic carbocycles. The summed E-state index contributed by atoms with van der Waals surface area (Å²) in [5, 5.41) is 5.03. The summed E-state index contributed by atoms with van der Waals surface area (Å²) in [6.07, 6.45) is 1.84. The molecule has 1 heterocycles. The molecule has 1 aliphatic heterocycles. The summed E-state index contributed by atoms with van der Waals surface area (Å²) >= 11 is 0. The topological polar surface area (TPSA) is 89.4 Å². The van der Waals surface area contributed by atoms with Gasteiger partial charge in [-0.2, -0.15) is 12.7 Å². The molecule has 0 saturated carbocycles. The monoisotopic (exact) mass is 207 g/mol. The molecule has 1 fully saturated rings. The summed E-state index contributed by atoms with van der Waals surface area (Å²) in [7, 11) is -3.51. The van der Waals surface area contributed by atoms with Gasteiger partial charge in [0.15, 0.2) is 0 Å². The lowest BCUT2D eigenvalue weighted by Gasteiger charge is -2.32. The minimum absolute atomic E-state index is 0.0320. The van der Waals surface area contributed by atoms with Crippen molar-refractivity contribution in [3.8, 4) is 0 Å². The van der Waals surface area contributed by atoms with E-state index in [9.17, 15) is 8.42 Å². The van der Waals surface area contributed by atoms with Crippen molar-refractivity contribution in [3.05, 3.63) is 0 Å².